The maximum Gasteiger partial charge on any atom is 0.281 e. The number of fused-ring (bicyclic) bond motifs is 3. The van der Waals surface area contributed by atoms with Crippen LogP contribution >= 0.6 is 0 Å². The topological polar surface area (TPSA) is 41.9 Å². The van der Waals surface area contributed by atoms with Gasteiger partial charge >= 0.3 is 0 Å². The molecule has 2 aromatic rings. The van der Waals surface area contributed by atoms with Crippen molar-refractivity contribution in [1.29, 1.82) is 0 Å². The Morgan fingerprint density at radius 2 is 1.91 bits per heavy atom. The maximum absolute atomic E-state index is 12.3. The molecule has 0 aromatic heterocycles. The number of aryl methyl sites for hydroxylation is 1. The number of nitrogens with zero attached hydrogens (tertiary/aromatic N) is 2. The summed E-state index contributed by atoms with van der Waals surface area (Å²) in [5, 5.41) is 6.15. The minimum Gasteiger partial charge on any atom is -0.483 e. The van der Waals surface area contributed by atoms with Gasteiger partial charge in [-0.2, -0.15) is 5.10 Å². The number of rotatable bonds is 1. The molecular formula is C18H16N2O2. The van der Waals surface area contributed by atoms with Gasteiger partial charge < -0.3 is 4.74 Å². The normalized spacial score (nSPS) is 19.9. The van der Waals surface area contributed by atoms with Gasteiger partial charge in [-0.1, -0.05) is 48.0 Å². The summed E-state index contributed by atoms with van der Waals surface area (Å²) in [6, 6.07) is 16.0. The highest BCUT2D eigenvalue weighted by molar-refractivity contribution is 6.03. The second kappa shape index (κ2) is 4.98. The Balaban J connectivity index is 1.74. The number of benzene rings is 2. The molecule has 22 heavy (non-hydrogen) atoms. The third-order valence-corrected chi connectivity index (χ3v) is 4.18. The number of hydrogen-bond acceptors (Lipinski definition) is 3. The molecule has 4 nitrogen and oxygen atoms in total. The zero-order chi connectivity index (χ0) is 15.1. The number of hydrogen-bond donors (Lipinski definition) is 0. The zero-order valence-electron chi connectivity index (χ0n) is 12.3. The predicted octanol–water partition coefficient (Wildman–Crippen LogP) is 3.07. The van der Waals surface area contributed by atoms with Crippen LogP contribution in [0.4, 0.5) is 0 Å². The predicted molar refractivity (Wildman–Crippen MR) is 83.9 cm³/mol. The molecule has 4 rings (SSSR count). The third-order valence-electron chi connectivity index (χ3n) is 4.18. The SMILES string of the molecule is Cc1ccc(C2=NN3C(=O)COc4ccccc4C3C2)cc1. The van der Waals surface area contributed by atoms with Crippen molar-refractivity contribution >= 4 is 11.6 Å². The van der Waals surface area contributed by atoms with Crippen LogP contribution in [0.25, 0.3) is 0 Å². The highest BCUT2D eigenvalue weighted by Gasteiger charge is 2.36. The molecule has 2 heterocycles. The number of amides is 1. The van der Waals surface area contributed by atoms with E-state index in [0.717, 1.165) is 29.0 Å². The number of carbonyl (C=O) groups excluding carboxylic acids is 1. The fraction of sp³-hybridized carbons (Fsp3) is 0.222. The van der Waals surface area contributed by atoms with E-state index in [4.69, 9.17) is 4.74 Å². The Labute approximate surface area is 129 Å². The van der Waals surface area contributed by atoms with Crippen molar-refractivity contribution in [3.05, 3.63) is 65.2 Å². The average Bonchev–Trinajstić information content (AvgIpc) is 2.94. The quantitative estimate of drug-likeness (QED) is 0.810. The summed E-state index contributed by atoms with van der Waals surface area (Å²) in [7, 11) is 0. The Morgan fingerprint density at radius 3 is 2.73 bits per heavy atom. The van der Waals surface area contributed by atoms with E-state index in [9.17, 15) is 4.79 Å². The van der Waals surface area contributed by atoms with Gasteiger partial charge in [0.1, 0.15) is 5.75 Å². The van der Waals surface area contributed by atoms with Crippen molar-refractivity contribution in [1.82, 2.24) is 5.01 Å². The van der Waals surface area contributed by atoms with E-state index in [0.29, 0.717) is 0 Å². The van der Waals surface area contributed by atoms with Crippen molar-refractivity contribution in [3.63, 3.8) is 0 Å². The van der Waals surface area contributed by atoms with Crippen molar-refractivity contribution in [2.75, 3.05) is 6.61 Å². The molecule has 2 aromatic carbocycles. The maximum atomic E-state index is 12.3. The van der Waals surface area contributed by atoms with Crippen molar-refractivity contribution < 1.29 is 9.53 Å². The van der Waals surface area contributed by atoms with Crippen molar-refractivity contribution in [3.8, 4) is 5.75 Å². The van der Waals surface area contributed by atoms with Gasteiger partial charge in [-0.05, 0) is 18.6 Å². The molecule has 0 bridgehead atoms. The molecule has 4 heteroatoms. The molecule has 0 spiro atoms. The second-order valence-corrected chi connectivity index (χ2v) is 5.70. The van der Waals surface area contributed by atoms with Gasteiger partial charge in [0.05, 0.1) is 11.8 Å². The summed E-state index contributed by atoms with van der Waals surface area (Å²) in [4.78, 5) is 12.3. The van der Waals surface area contributed by atoms with Crippen LogP contribution in [0, 0.1) is 6.92 Å². The van der Waals surface area contributed by atoms with Crippen LogP contribution in [-0.4, -0.2) is 23.2 Å². The van der Waals surface area contributed by atoms with E-state index in [2.05, 4.69) is 36.3 Å². The van der Waals surface area contributed by atoms with Gasteiger partial charge in [0.15, 0.2) is 6.61 Å². The lowest BCUT2D eigenvalue weighted by Gasteiger charge is -2.18. The van der Waals surface area contributed by atoms with E-state index in [-0.39, 0.29) is 18.6 Å². The summed E-state index contributed by atoms with van der Waals surface area (Å²) in [5.74, 6) is 0.687. The molecular weight excluding hydrogens is 276 g/mol. The monoisotopic (exact) mass is 292 g/mol. The zero-order valence-corrected chi connectivity index (χ0v) is 12.3. The first-order chi connectivity index (χ1) is 10.7. The lowest BCUT2D eigenvalue weighted by molar-refractivity contribution is -0.134. The van der Waals surface area contributed by atoms with Crippen LogP contribution in [0.5, 0.6) is 5.75 Å². The minimum absolute atomic E-state index is 0.0399. The molecule has 1 amide bonds. The molecule has 2 aliphatic rings. The third kappa shape index (κ3) is 2.08. The van der Waals surface area contributed by atoms with Gasteiger partial charge in [-0.3, -0.25) is 4.79 Å². The summed E-state index contributed by atoms with van der Waals surface area (Å²) in [6.07, 6.45) is 0.717. The summed E-state index contributed by atoms with van der Waals surface area (Å²) >= 11 is 0. The summed E-state index contributed by atoms with van der Waals surface area (Å²) < 4.78 is 5.59. The molecule has 0 saturated heterocycles. The lowest BCUT2D eigenvalue weighted by atomic mass is 9.97. The fourth-order valence-corrected chi connectivity index (χ4v) is 3.00. The van der Waals surface area contributed by atoms with Crippen molar-refractivity contribution in [2.24, 2.45) is 5.10 Å². The van der Waals surface area contributed by atoms with Gasteiger partial charge in [-0.25, -0.2) is 5.01 Å². The van der Waals surface area contributed by atoms with Gasteiger partial charge in [0.25, 0.3) is 5.91 Å². The van der Waals surface area contributed by atoms with Crippen LogP contribution in [0.15, 0.2) is 53.6 Å². The van der Waals surface area contributed by atoms with E-state index in [1.165, 1.54) is 5.56 Å². The highest BCUT2D eigenvalue weighted by atomic mass is 16.5. The Kier molecular flexibility index (Phi) is 2.96. The fourth-order valence-electron chi connectivity index (χ4n) is 3.00. The smallest absolute Gasteiger partial charge is 0.281 e. The number of ether oxygens (including phenoxy) is 1. The molecule has 110 valence electrons. The Bertz CT molecular complexity index is 765. The molecule has 0 radical (unpaired) electrons. The number of carbonyl (C=O) groups is 1. The van der Waals surface area contributed by atoms with Gasteiger partial charge in [-0.15, -0.1) is 0 Å². The first-order valence-corrected chi connectivity index (χ1v) is 7.41. The average molecular weight is 292 g/mol. The molecule has 0 saturated carbocycles. The van der Waals surface area contributed by atoms with Crippen LogP contribution in [0.2, 0.25) is 0 Å². The van der Waals surface area contributed by atoms with E-state index in [1.807, 2.05) is 24.3 Å². The molecule has 0 fully saturated rings. The first kappa shape index (κ1) is 13.1. The van der Waals surface area contributed by atoms with Crippen LogP contribution < -0.4 is 4.74 Å². The van der Waals surface area contributed by atoms with Crippen LogP contribution in [0.1, 0.15) is 29.2 Å². The molecule has 1 unspecified atom stereocenters. The van der Waals surface area contributed by atoms with Gasteiger partial charge in [0.2, 0.25) is 0 Å². The van der Waals surface area contributed by atoms with Crippen LogP contribution in [-0.2, 0) is 4.79 Å². The largest absolute Gasteiger partial charge is 0.483 e. The summed E-state index contributed by atoms with van der Waals surface area (Å²) in [5.41, 5.74) is 4.27. The van der Waals surface area contributed by atoms with Gasteiger partial charge in [0, 0.05) is 12.0 Å². The molecule has 1 atom stereocenters. The van der Waals surface area contributed by atoms with Crippen LogP contribution in [0.3, 0.4) is 0 Å². The summed E-state index contributed by atoms with van der Waals surface area (Å²) in [6.45, 7) is 2.10. The first-order valence-electron chi connectivity index (χ1n) is 7.41. The number of hydrazone groups is 1. The van der Waals surface area contributed by atoms with Crippen molar-refractivity contribution in [2.45, 2.75) is 19.4 Å². The standard InChI is InChI=1S/C18H16N2O2/c1-12-6-8-13(9-7-12)15-10-16-14-4-2-3-5-17(14)22-11-18(21)20(16)19-15/h2-9,16H,10-11H2,1H3. The molecule has 2 aliphatic heterocycles. The Morgan fingerprint density at radius 1 is 1.14 bits per heavy atom. The van der Waals surface area contributed by atoms with E-state index >= 15 is 0 Å². The number of para-hydroxylation sites is 1. The van der Waals surface area contributed by atoms with E-state index in [1.54, 1.807) is 5.01 Å². The molecule has 0 N–H and O–H groups in total. The lowest BCUT2D eigenvalue weighted by Crippen LogP contribution is -2.28. The minimum atomic E-state index is -0.0942. The van der Waals surface area contributed by atoms with E-state index < -0.39 is 0 Å². The highest BCUT2D eigenvalue weighted by Crippen LogP contribution is 2.39. The Hall–Kier alpha value is -2.62. The molecule has 0 aliphatic carbocycles. The second-order valence-electron chi connectivity index (χ2n) is 5.70.